The molecule has 1 aromatic carbocycles. The summed E-state index contributed by atoms with van der Waals surface area (Å²) in [4.78, 5) is 36.3. The second-order valence-electron chi connectivity index (χ2n) is 6.39. The highest BCUT2D eigenvalue weighted by atomic mass is 16.2. The van der Waals surface area contributed by atoms with Gasteiger partial charge in [-0.3, -0.25) is 19.0 Å². The molecule has 1 unspecified atom stereocenters. The molecule has 0 fully saturated rings. The van der Waals surface area contributed by atoms with Crippen LogP contribution in [0.15, 0.2) is 90.1 Å². The first-order chi connectivity index (χ1) is 13.7. The molecule has 0 spiro atoms. The molecule has 0 aliphatic carbocycles. The van der Waals surface area contributed by atoms with E-state index in [0.717, 1.165) is 11.3 Å². The van der Waals surface area contributed by atoms with Crippen LogP contribution in [-0.2, 0) is 0 Å². The van der Waals surface area contributed by atoms with E-state index in [2.05, 4.69) is 9.97 Å². The van der Waals surface area contributed by atoms with Crippen LogP contribution in [0.4, 0.5) is 0 Å². The molecule has 1 atom stereocenters. The quantitative estimate of drug-likeness (QED) is 0.554. The highest BCUT2D eigenvalue weighted by Gasteiger charge is 2.27. The first-order valence-corrected chi connectivity index (χ1v) is 8.86. The molecule has 0 N–H and O–H groups in total. The second-order valence-corrected chi connectivity index (χ2v) is 6.39. The SMILES string of the molecule is CN(C(=O)c1cnc2ccccn2c1=O)C(c1ccccc1)c1ccccn1. The van der Waals surface area contributed by atoms with Crippen LogP contribution < -0.4 is 5.56 Å². The lowest BCUT2D eigenvalue weighted by molar-refractivity contribution is 0.0750. The molecule has 0 bridgehead atoms. The Labute approximate surface area is 161 Å². The van der Waals surface area contributed by atoms with E-state index in [4.69, 9.17) is 0 Å². The zero-order valence-electron chi connectivity index (χ0n) is 15.3. The van der Waals surface area contributed by atoms with Gasteiger partial charge in [0.1, 0.15) is 11.2 Å². The molecule has 6 heteroatoms. The van der Waals surface area contributed by atoms with Crippen LogP contribution in [0.2, 0.25) is 0 Å². The molecule has 28 heavy (non-hydrogen) atoms. The lowest BCUT2D eigenvalue weighted by Crippen LogP contribution is -2.36. The highest BCUT2D eigenvalue weighted by Crippen LogP contribution is 2.26. The Kier molecular flexibility index (Phi) is 4.68. The van der Waals surface area contributed by atoms with E-state index < -0.39 is 17.5 Å². The molecule has 0 aliphatic rings. The van der Waals surface area contributed by atoms with Crippen molar-refractivity contribution in [2.75, 3.05) is 7.05 Å². The van der Waals surface area contributed by atoms with Gasteiger partial charge in [0.15, 0.2) is 0 Å². The molecular formula is C22H18N4O2. The number of carbonyl (C=O) groups excluding carboxylic acids is 1. The van der Waals surface area contributed by atoms with E-state index in [1.807, 2.05) is 48.5 Å². The van der Waals surface area contributed by atoms with Crippen molar-refractivity contribution in [1.82, 2.24) is 19.3 Å². The number of amides is 1. The summed E-state index contributed by atoms with van der Waals surface area (Å²) in [5.74, 6) is -0.407. The van der Waals surface area contributed by atoms with E-state index in [0.29, 0.717) is 5.65 Å². The van der Waals surface area contributed by atoms with Gasteiger partial charge in [0.05, 0.1) is 11.7 Å². The Morgan fingerprint density at radius 3 is 2.46 bits per heavy atom. The van der Waals surface area contributed by atoms with Crippen LogP contribution in [0.3, 0.4) is 0 Å². The van der Waals surface area contributed by atoms with Gasteiger partial charge in [0.2, 0.25) is 0 Å². The molecular weight excluding hydrogens is 352 g/mol. The van der Waals surface area contributed by atoms with Gasteiger partial charge in [-0.2, -0.15) is 0 Å². The van der Waals surface area contributed by atoms with Crippen molar-refractivity contribution in [3.63, 3.8) is 0 Å². The third-order valence-electron chi connectivity index (χ3n) is 4.63. The fourth-order valence-corrected chi connectivity index (χ4v) is 3.25. The number of benzene rings is 1. The van der Waals surface area contributed by atoms with Gasteiger partial charge < -0.3 is 4.90 Å². The zero-order chi connectivity index (χ0) is 19.5. The number of carbonyl (C=O) groups is 1. The topological polar surface area (TPSA) is 67.6 Å². The second kappa shape index (κ2) is 7.44. The summed E-state index contributed by atoms with van der Waals surface area (Å²) in [6.45, 7) is 0. The minimum absolute atomic E-state index is 0.0167. The third kappa shape index (κ3) is 3.16. The molecule has 0 saturated carbocycles. The lowest BCUT2D eigenvalue weighted by Gasteiger charge is -2.28. The summed E-state index contributed by atoms with van der Waals surface area (Å²) < 4.78 is 1.37. The van der Waals surface area contributed by atoms with Crippen molar-refractivity contribution in [3.8, 4) is 0 Å². The van der Waals surface area contributed by atoms with Crippen LogP contribution in [0.1, 0.15) is 27.7 Å². The molecule has 0 radical (unpaired) electrons. The number of hydrogen-bond donors (Lipinski definition) is 0. The van der Waals surface area contributed by atoms with Crippen molar-refractivity contribution in [2.24, 2.45) is 0 Å². The summed E-state index contributed by atoms with van der Waals surface area (Å²) in [6, 6.07) is 20.0. The van der Waals surface area contributed by atoms with Gasteiger partial charge in [0.25, 0.3) is 11.5 Å². The Morgan fingerprint density at radius 2 is 1.71 bits per heavy atom. The van der Waals surface area contributed by atoms with Crippen molar-refractivity contribution in [1.29, 1.82) is 0 Å². The van der Waals surface area contributed by atoms with Gasteiger partial charge >= 0.3 is 0 Å². The molecule has 3 heterocycles. The average molecular weight is 370 g/mol. The van der Waals surface area contributed by atoms with Crippen molar-refractivity contribution < 1.29 is 4.79 Å². The minimum Gasteiger partial charge on any atom is -0.329 e. The van der Waals surface area contributed by atoms with E-state index in [9.17, 15) is 9.59 Å². The average Bonchev–Trinajstić information content (AvgIpc) is 2.75. The Balaban J connectivity index is 1.79. The van der Waals surface area contributed by atoms with Crippen LogP contribution in [-0.4, -0.2) is 32.2 Å². The van der Waals surface area contributed by atoms with Crippen LogP contribution in [0, 0.1) is 0 Å². The summed E-state index contributed by atoms with van der Waals surface area (Å²) in [6.07, 6.45) is 4.64. The van der Waals surface area contributed by atoms with Gasteiger partial charge in [-0.15, -0.1) is 0 Å². The van der Waals surface area contributed by atoms with Gasteiger partial charge in [0, 0.05) is 25.6 Å². The van der Waals surface area contributed by atoms with Crippen LogP contribution >= 0.6 is 0 Å². The normalized spacial score (nSPS) is 11.9. The van der Waals surface area contributed by atoms with Gasteiger partial charge in [-0.25, -0.2) is 4.98 Å². The van der Waals surface area contributed by atoms with Gasteiger partial charge in [-0.1, -0.05) is 42.5 Å². The smallest absolute Gasteiger partial charge is 0.270 e. The number of hydrogen-bond acceptors (Lipinski definition) is 4. The van der Waals surface area contributed by atoms with Crippen molar-refractivity contribution >= 4 is 11.6 Å². The largest absolute Gasteiger partial charge is 0.329 e. The minimum atomic E-state index is -0.425. The van der Waals surface area contributed by atoms with Crippen molar-refractivity contribution in [3.05, 3.63) is 112 Å². The molecule has 138 valence electrons. The molecule has 3 aromatic heterocycles. The Bertz CT molecular complexity index is 1130. The molecule has 4 rings (SSSR count). The number of rotatable bonds is 4. The van der Waals surface area contributed by atoms with Crippen molar-refractivity contribution in [2.45, 2.75) is 6.04 Å². The summed E-state index contributed by atoms with van der Waals surface area (Å²) in [5.41, 5.74) is 1.75. The number of aromatic nitrogens is 3. The number of fused-ring (bicyclic) bond motifs is 1. The maximum atomic E-state index is 13.2. The first-order valence-electron chi connectivity index (χ1n) is 8.86. The maximum absolute atomic E-state index is 13.2. The lowest BCUT2D eigenvalue weighted by atomic mass is 10.0. The molecule has 0 aliphatic heterocycles. The molecule has 4 aromatic rings. The highest BCUT2D eigenvalue weighted by molar-refractivity contribution is 5.94. The number of nitrogens with zero attached hydrogens (tertiary/aromatic N) is 4. The fraction of sp³-hybridized carbons (Fsp3) is 0.0909. The first kappa shape index (κ1) is 17.6. The van der Waals surface area contributed by atoms with E-state index in [-0.39, 0.29) is 5.56 Å². The predicted molar refractivity (Wildman–Crippen MR) is 106 cm³/mol. The van der Waals surface area contributed by atoms with Crippen LogP contribution in [0.5, 0.6) is 0 Å². The third-order valence-corrected chi connectivity index (χ3v) is 4.63. The Morgan fingerprint density at radius 1 is 0.964 bits per heavy atom. The Hall–Kier alpha value is -3.80. The maximum Gasteiger partial charge on any atom is 0.270 e. The van der Waals surface area contributed by atoms with Crippen LogP contribution in [0.25, 0.3) is 5.65 Å². The molecule has 6 nitrogen and oxygen atoms in total. The molecule has 0 saturated heterocycles. The van der Waals surface area contributed by atoms with Gasteiger partial charge in [-0.05, 0) is 29.8 Å². The molecule has 1 amide bonds. The van der Waals surface area contributed by atoms with E-state index in [1.54, 1.807) is 37.6 Å². The predicted octanol–water partition coefficient (Wildman–Crippen LogP) is 2.95. The standard InChI is InChI=1S/C22H18N4O2/c1-25(20(16-9-3-2-4-10-16)18-11-5-7-13-23-18)21(27)17-15-24-19-12-6-8-14-26(19)22(17)28/h2-15,20H,1H3. The summed E-state index contributed by atoms with van der Waals surface area (Å²) >= 11 is 0. The van der Waals surface area contributed by atoms with E-state index >= 15 is 0 Å². The number of pyridine rings is 2. The fourth-order valence-electron chi connectivity index (χ4n) is 3.25. The monoisotopic (exact) mass is 370 g/mol. The summed E-state index contributed by atoms with van der Waals surface area (Å²) in [7, 11) is 1.67. The summed E-state index contributed by atoms with van der Waals surface area (Å²) in [5, 5.41) is 0. The van der Waals surface area contributed by atoms with E-state index in [1.165, 1.54) is 15.5 Å². The zero-order valence-corrected chi connectivity index (χ0v) is 15.3.